The number of hydrogen-bond donors (Lipinski definition) is 0. The number of ketones is 1. The number of rotatable bonds is 4. The quantitative estimate of drug-likeness (QED) is 0.615. The highest BCUT2D eigenvalue weighted by atomic mass is 16.5. The first-order valence-corrected chi connectivity index (χ1v) is 5.99. The number of carbonyl (C=O) groups excluding carboxylic acids is 2. The van der Waals surface area contributed by atoms with Gasteiger partial charge >= 0.3 is 5.97 Å². The van der Waals surface area contributed by atoms with Gasteiger partial charge in [0.1, 0.15) is 0 Å². The molecule has 0 saturated carbocycles. The summed E-state index contributed by atoms with van der Waals surface area (Å²) in [6, 6.07) is 5.64. The lowest BCUT2D eigenvalue weighted by Gasteiger charge is -2.11. The number of nitrogens with zero attached hydrogens (tertiary/aromatic N) is 1. The van der Waals surface area contributed by atoms with Crippen molar-refractivity contribution in [1.29, 1.82) is 5.26 Å². The Balaban J connectivity index is 3.03. The summed E-state index contributed by atoms with van der Waals surface area (Å²) in [5.74, 6) is -1.91. The highest BCUT2D eigenvalue weighted by Gasteiger charge is 2.24. The molecule has 0 amide bonds. The fourth-order valence-corrected chi connectivity index (χ4v) is 2.23. The van der Waals surface area contributed by atoms with E-state index < -0.39 is 11.9 Å². The summed E-state index contributed by atoms with van der Waals surface area (Å²) < 4.78 is 4.51. The third-order valence-electron chi connectivity index (χ3n) is 2.99. The number of carbonyl (C=O) groups is 2. The van der Waals surface area contributed by atoms with E-state index >= 15 is 0 Å². The van der Waals surface area contributed by atoms with Crippen LogP contribution in [0.15, 0.2) is 12.1 Å². The van der Waals surface area contributed by atoms with Gasteiger partial charge in [0.2, 0.25) is 0 Å². The second-order valence-corrected chi connectivity index (χ2v) is 4.61. The molecule has 0 radical (unpaired) electrons. The molecule has 0 bridgehead atoms. The van der Waals surface area contributed by atoms with E-state index in [0.29, 0.717) is 5.56 Å². The van der Waals surface area contributed by atoms with Crippen LogP contribution in [0.1, 0.15) is 33.5 Å². The first kappa shape index (κ1) is 14.9. The van der Waals surface area contributed by atoms with E-state index in [2.05, 4.69) is 4.74 Å². The van der Waals surface area contributed by atoms with Gasteiger partial charge in [0.25, 0.3) is 0 Å². The molecule has 0 aliphatic carbocycles. The van der Waals surface area contributed by atoms with Gasteiger partial charge in [-0.3, -0.25) is 9.59 Å². The van der Waals surface area contributed by atoms with Gasteiger partial charge in [-0.2, -0.15) is 5.26 Å². The molecule has 0 aromatic heterocycles. The topological polar surface area (TPSA) is 67.2 Å². The number of ether oxygens (including phenoxy) is 1. The van der Waals surface area contributed by atoms with Crippen LogP contribution < -0.4 is 0 Å². The molecule has 0 N–H and O–H groups in total. The minimum Gasteiger partial charge on any atom is -0.468 e. The molecule has 0 aliphatic rings. The number of aryl methyl sites for hydroxylation is 3. The fourth-order valence-electron chi connectivity index (χ4n) is 2.23. The molecular weight excluding hydrogens is 242 g/mol. The molecule has 0 fully saturated rings. The molecule has 1 unspecified atom stereocenters. The number of Topliss-reactive ketones (excluding diaryl/α,β-unsaturated/α-hetero) is 1. The molecule has 4 heteroatoms. The largest absolute Gasteiger partial charge is 0.468 e. The SMILES string of the molecule is COC(=O)C(C#N)CC(=O)c1c(C)cc(C)cc1C. The van der Waals surface area contributed by atoms with Crippen molar-refractivity contribution < 1.29 is 14.3 Å². The molecular formula is C15H17NO3. The normalized spacial score (nSPS) is 11.5. The van der Waals surface area contributed by atoms with Crippen LogP contribution in [0.4, 0.5) is 0 Å². The molecule has 19 heavy (non-hydrogen) atoms. The lowest BCUT2D eigenvalue weighted by Crippen LogP contribution is -2.19. The summed E-state index contributed by atoms with van der Waals surface area (Å²) in [5.41, 5.74) is 3.40. The molecule has 0 saturated heterocycles. The van der Waals surface area contributed by atoms with Crippen molar-refractivity contribution in [2.75, 3.05) is 7.11 Å². The number of hydrogen-bond acceptors (Lipinski definition) is 4. The summed E-state index contributed by atoms with van der Waals surface area (Å²) in [4.78, 5) is 23.6. The molecule has 1 aromatic rings. The molecule has 0 spiro atoms. The van der Waals surface area contributed by atoms with Gasteiger partial charge in [0, 0.05) is 12.0 Å². The number of benzene rings is 1. The highest BCUT2D eigenvalue weighted by molar-refractivity contribution is 6.01. The van der Waals surface area contributed by atoms with Crippen LogP contribution in [0.25, 0.3) is 0 Å². The molecule has 0 aliphatic heterocycles. The smallest absolute Gasteiger partial charge is 0.323 e. The summed E-state index contributed by atoms with van der Waals surface area (Å²) in [7, 11) is 1.21. The van der Waals surface area contributed by atoms with Gasteiger partial charge < -0.3 is 4.74 Å². The van der Waals surface area contributed by atoms with Gasteiger partial charge in [-0.05, 0) is 31.9 Å². The Kier molecular flexibility index (Phi) is 4.82. The van der Waals surface area contributed by atoms with Crippen molar-refractivity contribution in [3.05, 3.63) is 34.4 Å². The maximum atomic E-state index is 12.2. The van der Waals surface area contributed by atoms with Gasteiger partial charge in [0.15, 0.2) is 11.7 Å². The second-order valence-electron chi connectivity index (χ2n) is 4.61. The first-order valence-electron chi connectivity index (χ1n) is 5.99. The van der Waals surface area contributed by atoms with Crippen LogP contribution >= 0.6 is 0 Å². The van der Waals surface area contributed by atoms with E-state index in [1.54, 1.807) is 0 Å². The molecule has 100 valence electrons. The van der Waals surface area contributed by atoms with Crippen molar-refractivity contribution in [2.24, 2.45) is 5.92 Å². The Morgan fingerprint density at radius 2 is 1.79 bits per heavy atom. The third-order valence-corrected chi connectivity index (χ3v) is 2.99. The van der Waals surface area contributed by atoms with Crippen LogP contribution in [-0.4, -0.2) is 18.9 Å². The summed E-state index contributed by atoms with van der Waals surface area (Å²) in [5, 5.41) is 8.90. The van der Waals surface area contributed by atoms with Crippen molar-refractivity contribution in [3.63, 3.8) is 0 Å². The fraction of sp³-hybridized carbons (Fsp3) is 0.400. The average Bonchev–Trinajstić information content (AvgIpc) is 2.33. The Hall–Kier alpha value is -2.15. The standard InChI is InChI=1S/C15H17NO3/c1-9-5-10(2)14(11(3)6-9)13(17)7-12(8-16)15(18)19-4/h5-6,12H,7H2,1-4H3. The van der Waals surface area contributed by atoms with Crippen LogP contribution in [0.2, 0.25) is 0 Å². The van der Waals surface area contributed by atoms with E-state index in [4.69, 9.17) is 5.26 Å². The maximum Gasteiger partial charge on any atom is 0.323 e. The van der Waals surface area contributed by atoms with E-state index in [9.17, 15) is 9.59 Å². The van der Waals surface area contributed by atoms with E-state index in [-0.39, 0.29) is 12.2 Å². The molecule has 1 rings (SSSR count). The Morgan fingerprint density at radius 3 is 2.21 bits per heavy atom. The lowest BCUT2D eigenvalue weighted by atomic mass is 9.92. The maximum absolute atomic E-state index is 12.2. The van der Waals surface area contributed by atoms with Crippen LogP contribution in [0.5, 0.6) is 0 Å². The summed E-state index contributed by atoms with van der Waals surface area (Å²) >= 11 is 0. The van der Waals surface area contributed by atoms with E-state index in [1.807, 2.05) is 39.0 Å². The van der Waals surface area contributed by atoms with Gasteiger partial charge in [-0.15, -0.1) is 0 Å². The molecule has 1 atom stereocenters. The van der Waals surface area contributed by atoms with E-state index in [0.717, 1.165) is 16.7 Å². The van der Waals surface area contributed by atoms with Gasteiger partial charge in [-0.25, -0.2) is 0 Å². The zero-order chi connectivity index (χ0) is 14.6. The Morgan fingerprint density at radius 1 is 1.26 bits per heavy atom. The average molecular weight is 259 g/mol. The minimum atomic E-state index is -1.04. The zero-order valence-corrected chi connectivity index (χ0v) is 11.6. The van der Waals surface area contributed by atoms with Crippen molar-refractivity contribution in [2.45, 2.75) is 27.2 Å². The second kappa shape index (κ2) is 6.14. The first-order chi connectivity index (χ1) is 8.90. The zero-order valence-electron chi connectivity index (χ0n) is 11.6. The minimum absolute atomic E-state index is 0.145. The van der Waals surface area contributed by atoms with Gasteiger partial charge in [-0.1, -0.05) is 17.7 Å². The van der Waals surface area contributed by atoms with E-state index in [1.165, 1.54) is 7.11 Å². The van der Waals surface area contributed by atoms with Crippen molar-refractivity contribution in [3.8, 4) is 6.07 Å². The van der Waals surface area contributed by atoms with Crippen LogP contribution in [0, 0.1) is 38.0 Å². The summed E-state index contributed by atoms with van der Waals surface area (Å²) in [6.07, 6.45) is -0.145. The Labute approximate surface area is 113 Å². The van der Waals surface area contributed by atoms with Crippen LogP contribution in [-0.2, 0) is 9.53 Å². The summed E-state index contributed by atoms with van der Waals surface area (Å²) in [6.45, 7) is 5.67. The van der Waals surface area contributed by atoms with Crippen molar-refractivity contribution in [1.82, 2.24) is 0 Å². The van der Waals surface area contributed by atoms with Crippen LogP contribution in [0.3, 0.4) is 0 Å². The third kappa shape index (κ3) is 3.41. The number of esters is 1. The highest BCUT2D eigenvalue weighted by Crippen LogP contribution is 2.20. The predicted molar refractivity (Wildman–Crippen MR) is 70.7 cm³/mol. The molecule has 1 aromatic carbocycles. The van der Waals surface area contributed by atoms with Gasteiger partial charge in [0.05, 0.1) is 13.2 Å². The number of nitriles is 1. The lowest BCUT2D eigenvalue weighted by molar-refractivity contribution is -0.143. The predicted octanol–water partition coefficient (Wildman–Crippen LogP) is 2.50. The van der Waals surface area contributed by atoms with Crippen molar-refractivity contribution >= 4 is 11.8 Å². The monoisotopic (exact) mass is 259 g/mol. The number of methoxy groups -OCH3 is 1. The Bertz CT molecular complexity index is 532. The molecule has 0 heterocycles. The molecule has 4 nitrogen and oxygen atoms in total.